The Kier molecular flexibility index (Phi) is 4.54. The fourth-order valence-electron chi connectivity index (χ4n) is 3.40. The van der Waals surface area contributed by atoms with E-state index in [1.807, 2.05) is 0 Å². The van der Waals surface area contributed by atoms with Crippen LogP contribution in [-0.4, -0.2) is 0 Å². The fourth-order valence-corrected chi connectivity index (χ4v) is 4.62. The first-order chi connectivity index (χ1) is 11.1. The third-order valence-corrected chi connectivity index (χ3v) is 5.71. The molecular formula is C22H21BrS. The second-order valence-corrected chi connectivity index (χ2v) is 8.31. The number of rotatable bonds is 1. The minimum Gasteiger partial charge on any atom is -1.00 e. The number of hydrogen-bond donors (Lipinski definition) is 0. The highest BCUT2D eigenvalue weighted by Crippen LogP contribution is 2.44. The molecule has 0 aliphatic heterocycles. The molecule has 2 heteroatoms. The monoisotopic (exact) mass is 396 g/mol. The summed E-state index contributed by atoms with van der Waals surface area (Å²) in [6.45, 7) is 6.92. The van der Waals surface area contributed by atoms with Gasteiger partial charge in [-0.15, -0.1) is 0 Å². The average molecular weight is 397 g/mol. The molecule has 0 saturated carbocycles. The molecule has 0 unspecified atom stereocenters. The Hall–Kier alpha value is -1.64. The van der Waals surface area contributed by atoms with E-state index in [2.05, 4.69) is 87.5 Å². The molecule has 0 aliphatic rings. The van der Waals surface area contributed by atoms with Gasteiger partial charge in [0, 0.05) is 5.39 Å². The van der Waals surface area contributed by atoms with Crippen molar-refractivity contribution in [1.82, 2.24) is 0 Å². The summed E-state index contributed by atoms with van der Waals surface area (Å²) in [5, 5.41) is 2.83. The maximum atomic E-state index is 2.33. The van der Waals surface area contributed by atoms with Crippen LogP contribution in [0.5, 0.6) is 0 Å². The van der Waals surface area contributed by atoms with Crippen molar-refractivity contribution in [2.75, 3.05) is 0 Å². The first-order valence-electron chi connectivity index (χ1n) is 8.10. The Labute approximate surface area is 157 Å². The van der Waals surface area contributed by atoms with E-state index in [9.17, 15) is 0 Å². The topological polar surface area (TPSA) is 0 Å². The number of fused-ring (bicyclic) bond motifs is 3. The number of halogens is 1. The first-order valence-corrected chi connectivity index (χ1v) is 8.99. The molecule has 0 atom stereocenters. The maximum absolute atomic E-state index is 2.33. The summed E-state index contributed by atoms with van der Waals surface area (Å²) in [7, 11) is 0. The first kappa shape index (κ1) is 17.2. The Balaban J connectivity index is 0.00000169. The van der Waals surface area contributed by atoms with E-state index in [0.29, 0.717) is 0 Å². The Morgan fingerprint density at radius 2 is 1.38 bits per heavy atom. The minimum atomic E-state index is 0. The number of benzene rings is 3. The second kappa shape index (κ2) is 6.34. The summed E-state index contributed by atoms with van der Waals surface area (Å²) in [6, 6.07) is 24.3. The molecule has 0 saturated heterocycles. The van der Waals surface area contributed by atoms with Gasteiger partial charge in [0.1, 0.15) is 0 Å². The van der Waals surface area contributed by atoms with Gasteiger partial charge in [-0.3, -0.25) is 0 Å². The molecule has 0 bridgehead atoms. The van der Waals surface area contributed by atoms with E-state index in [0.717, 1.165) is 0 Å². The van der Waals surface area contributed by atoms with E-state index in [1.165, 1.54) is 48.2 Å². The molecule has 0 aliphatic carbocycles. The molecule has 0 spiro atoms. The summed E-state index contributed by atoms with van der Waals surface area (Å²) < 4.78 is 2.85. The summed E-state index contributed by atoms with van der Waals surface area (Å²) in [5.41, 5.74) is 4.28. The average Bonchev–Trinajstić information content (AvgIpc) is 2.92. The van der Waals surface area contributed by atoms with E-state index >= 15 is 0 Å². The Morgan fingerprint density at radius 1 is 0.708 bits per heavy atom. The molecule has 122 valence electrons. The smallest absolute Gasteiger partial charge is 0.180 e. The van der Waals surface area contributed by atoms with Crippen LogP contribution in [0.2, 0.25) is 0 Å². The summed E-state index contributed by atoms with van der Waals surface area (Å²) in [5.74, 6) is 0. The minimum absolute atomic E-state index is 0. The van der Waals surface area contributed by atoms with Crippen LogP contribution in [0.25, 0.3) is 31.3 Å². The lowest BCUT2D eigenvalue weighted by atomic mass is 9.80. The fraction of sp³-hybridized carbons (Fsp3) is 0.182. The molecule has 3 aromatic carbocycles. The zero-order chi connectivity index (χ0) is 16.0. The normalized spacial score (nSPS) is 11.6. The molecule has 1 heterocycles. The van der Waals surface area contributed by atoms with Gasteiger partial charge in [0.2, 0.25) is 0 Å². The lowest BCUT2D eigenvalue weighted by Crippen LogP contribution is -3.00. The molecule has 0 N–H and O–H groups in total. The third kappa shape index (κ3) is 2.78. The molecule has 0 radical (unpaired) electrons. The lowest BCUT2D eigenvalue weighted by Gasteiger charge is -2.23. The van der Waals surface area contributed by atoms with Gasteiger partial charge in [0.15, 0.2) is 9.40 Å². The molecular weight excluding hydrogens is 376 g/mol. The highest BCUT2D eigenvalue weighted by atomic mass is 79.9. The van der Waals surface area contributed by atoms with Crippen LogP contribution < -0.4 is 17.0 Å². The summed E-state index contributed by atoms with van der Waals surface area (Å²) >= 11 is 1.33. The van der Waals surface area contributed by atoms with E-state index in [4.69, 9.17) is 0 Å². The zero-order valence-electron chi connectivity index (χ0n) is 14.2. The van der Waals surface area contributed by atoms with E-state index in [1.54, 1.807) is 0 Å². The van der Waals surface area contributed by atoms with Gasteiger partial charge in [-0.1, -0.05) is 69.3 Å². The van der Waals surface area contributed by atoms with Crippen LogP contribution in [0.1, 0.15) is 26.3 Å². The molecule has 4 rings (SSSR count). The van der Waals surface area contributed by atoms with Crippen LogP contribution in [0, 0.1) is 0 Å². The summed E-state index contributed by atoms with van der Waals surface area (Å²) in [4.78, 5) is 0. The van der Waals surface area contributed by atoms with Crippen molar-refractivity contribution in [3.8, 4) is 11.1 Å². The van der Waals surface area contributed by atoms with Crippen molar-refractivity contribution in [3.63, 3.8) is 0 Å². The molecule has 0 amide bonds. The second-order valence-electron chi connectivity index (χ2n) is 7.13. The molecule has 24 heavy (non-hydrogen) atoms. The largest absolute Gasteiger partial charge is 1.00 e. The van der Waals surface area contributed by atoms with Crippen molar-refractivity contribution in [2.24, 2.45) is 0 Å². The molecule has 1 aromatic heterocycles. The van der Waals surface area contributed by atoms with E-state index < -0.39 is 0 Å². The molecule has 0 nitrogen and oxygen atoms in total. The van der Waals surface area contributed by atoms with Crippen LogP contribution in [0.3, 0.4) is 0 Å². The zero-order valence-corrected chi connectivity index (χ0v) is 16.7. The maximum Gasteiger partial charge on any atom is 0.180 e. The van der Waals surface area contributed by atoms with Crippen molar-refractivity contribution >= 4 is 31.5 Å². The van der Waals surface area contributed by atoms with Gasteiger partial charge in [0.25, 0.3) is 0 Å². The number of hydrogen-bond acceptors (Lipinski definition) is 0. The SMILES string of the molecule is CC(C)(C)c1ccc2[sH+]c3ccccc3c2c1-c1ccccc1.[Br-]. The van der Waals surface area contributed by atoms with Crippen LogP contribution in [-0.2, 0) is 5.41 Å². The van der Waals surface area contributed by atoms with Gasteiger partial charge < -0.3 is 17.0 Å². The quantitative estimate of drug-likeness (QED) is 0.429. The summed E-state index contributed by atoms with van der Waals surface area (Å²) in [6.07, 6.45) is 0. The highest BCUT2D eigenvalue weighted by Gasteiger charge is 2.24. The lowest BCUT2D eigenvalue weighted by molar-refractivity contribution is -0.00000477. The highest BCUT2D eigenvalue weighted by molar-refractivity contribution is 7.25. The van der Waals surface area contributed by atoms with Gasteiger partial charge in [-0.05, 0) is 51.6 Å². The predicted octanol–water partition coefficient (Wildman–Crippen LogP) is 3.76. The Morgan fingerprint density at radius 3 is 2.08 bits per heavy atom. The van der Waals surface area contributed by atoms with Gasteiger partial charge in [-0.2, -0.15) is 0 Å². The van der Waals surface area contributed by atoms with Gasteiger partial charge >= 0.3 is 0 Å². The van der Waals surface area contributed by atoms with Crippen molar-refractivity contribution in [2.45, 2.75) is 26.2 Å². The van der Waals surface area contributed by atoms with Crippen molar-refractivity contribution in [1.29, 1.82) is 0 Å². The Bertz CT molecular complexity index is 991. The van der Waals surface area contributed by atoms with Gasteiger partial charge in [-0.25, -0.2) is 0 Å². The third-order valence-electron chi connectivity index (χ3n) is 4.47. The standard InChI is InChI=1S/C22H20S.BrH/c1-22(2,3)17-13-14-19-21(16-11-7-8-12-18(16)23-19)20(17)15-9-5-4-6-10-15;/h4-14H,1-3H3;1H. The van der Waals surface area contributed by atoms with E-state index in [-0.39, 0.29) is 22.4 Å². The van der Waals surface area contributed by atoms with Gasteiger partial charge in [0.05, 0.1) is 5.39 Å². The molecule has 4 aromatic rings. The van der Waals surface area contributed by atoms with Crippen molar-refractivity contribution in [3.05, 3.63) is 72.3 Å². The van der Waals surface area contributed by atoms with Crippen LogP contribution in [0.4, 0.5) is 0 Å². The van der Waals surface area contributed by atoms with Crippen LogP contribution >= 0.6 is 11.3 Å². The van der Waals surface area contributed by atoms with Crippen LogP contribution in [0.15, 0.2) is 66.7 Å². The number of thiophene rings is 1. The van der Waals surface area contributed by atoms with Crippen molar-refractivity contribution < 1.29 is 17.0 Å². The molecule has 0 fully saturated rings. The predicted molar refractivity (Wildman–Crippen MR) is 105 cm³/mol.